The summed E-state index contributed by atoms with van der Waals surface area (Å²) >= 11 is 8.08. The van der Waals surface area contributed by atoms with E-state index in [4.69, 9.17) is 0 Å². The zero-order chi connectivity index (χ0) is 14.7. The van der Waals surface area contributed by atoms with Gasteiger partial charge in [0.2, 0.25) is 0 Å². The fourth-order valence-electron chi connectivity index (χ4n) is 2.00. The van der Waals surface area contributed by atoms with Crippen LogP contribution in [0.4, 0.5) is 8.78 Å². The number of likely N-dealkylation sites (N-methyl/N-ethyl adjacent to an activating group) is 1. The lowest BCUT2D eigenvalue weighted by atomic mass is 10.0. The van der Waals surface area contributed by atoms with E-state index >= 15 is 0 Å². The van der Waals surface area contributed by atoms with Gasteiger partial charge in [-0.05, 0) is 69.1 Å². The maximum atomic E-state index is 14.1. The van der Waals surface area contributed by atoms with Gasteiger partial charge in [0.1, 0.15) is 11.6 Å². The Morgan fingerprint density at radius 2 is 1.95 bits per heavy atom. The second kappa shape index (κ2) is 7.11. The predicted molar refractivity (Wildman–Crippen MR) is 86.2 cm³/mol. The van der Waals surface area contributed by atoms with E-state index < -0.39 is 11.6 Å². The van der Waals surface area contributed by atoms with E-state index in [2.05, 4.69) is 37.2 Å². The van der Waals surface area contributed by atoms with Crippen molar-refractivity contribution in [3.8, 4) is 0 Å². The molecule has 1 N–H and O–H groups in total. The molecule has 0 spiro atoms. The van der Waals surface area contributed by atoms with Crippen LogP contribution < -0.4 is 5.32 Å². The number of thiophene rings is 1. The summed E-state index contributed by atoms with van der Waals surface area (Å²) in [4.78, 5) is 1.05. The van der Waals surface area contributed by atoms with Gasteiger partial charge in [-0.1, -0.05) is 6.92 Å². The Labute approximate surface area is 137 Å². The molecule has 2 aromatic rings. The molecule has 0 fully saturated rings. The summed E-state index contributed by atoms with van der Waals surface area (Å²) in [6.07, 6.45) is 0.276. The summed E-state index contributed by atoms with van der Waals surface area (Å²) in [5, 5.41) is 3.28. The van der Waals surface area contributed by atoms with Crippen LogP contribution in [-0.2, 0) is 6.42 Å². The fourth-order valence-corrected chi connectivity index (χ4v) is 3.87. The summed E-state index contributed by atoms with van der Waals surface area (Å²) in [6, 6.07) is 6.48. The number of rotatable bonds is 5. The minimum Gasteiger partial charge on any atom is -0.309 e. The molecular weight excluding hydrogens is 412 g/mol. The molecule has 0 bridgehead atoms. The molecule has 108 valence electrons. The molecule has 2 rings (SSSR count). The molecule has 20 heavy (non-hydrogen) atoms. The largest absolute Gasteiger partial charge is 0.309 e. The van der Waals surface area contributed by atoms with Crippen molar-refractivity contribution in [3.63, 3.8) is 0 Å². The quantitative estimate of drug-likeness (QED) is 0.629. The molecule has 1 aromatic heterocycles. The van der Waals surface area contributed by atoms with Gasteiger partial charge in [0.05, 0.1) is 8.26 Å². The maximum absolute atomic E-state index is 14.1. The van der Waals surface area contributed by atoms with Crippen LogP contribution in [0.25, 0.3) is 0 Å². The van der Waals surface area contributed by atoms with Gasteiger partial charge < -0.3 is 5.32 Å². The van der Waals surface area contributed by atoms with Gasteiger partial charge in [0.25, 0.3) is 0 Å². The normalized spacial score (nSPS) is 12.7. The van der Waals surface area contributed by atoms with E-state index in [0.29, 0.717) is 0 Å². The van der Waals surface area contributed by atoms with Crippen molar-refractivity contribution in [1.82, 2.24) is 5.32 Å². The molecule has 0 radical (unpaired) electrons. The van der Waals surface area contributed by atoms with Crippen LogP contribution in [0, 0.1) is 11.6 Å². The SMILES string of the molecule is CCNC(Cc1c(F)ccc(Br)c1F)c1ccc(Br)s1. The predicted octanol–water partition coefficient (Wildman–Crippen LogP) is 5.44. The first kappa shape index (κ1) is 16.1. The Morgan fingerprint density at radius 1 is 1.20 bits per heavy atom. The Hall–Kier alpha value is -0.300. The van der Waals surface area contributed by atoms with Crippen molar-refractivity contribution in [2.24, 2.45) is 0 Å². The zero-order valence-corrected chi connectivity index (χ0v) is 14.7. The highest BCUT2D eigenvalue weighted by atomic mass is 79.9. The Morgan fingerprint density at radius 3 is 2.55 bits per heavy atom. The molecular formula is C14H13Br2F2NS. The molecule has 1 atom stereocenters. The fraction of sp³-hybridized carbons (Fsp3) is 0.286. The molecule has 0 amide bonds. The molecule has 1 unspecified atom stereocenters. The van der Waals surface area contributed by atoms with E-state index in [0.717, 1.165) is 15.2 Å². The minimum absolute atomic E-state index is 0.102. The second-order valence-electron chi connectivity index (χ2n) is 4.28. The van der Waals surface area contributed by atoms with E-state index in [1.54, 1.807) is 11.3 Å². The van der Waals surface area contributed by atoms with Gasteiger partial charge in [0.15, 0.2) is 0 Å². The van der Waals surface area contributed by atoms with E-state index in [1.807, 2.05) is 19.1 Å². The van der Waals surface area contributed by atoms with E-state index in [9.17, 15) is 8.78 Å². The van der Waals surface area contributed by atoms with Crippen LogP contribution in [0.1, 0.15) is 23.4 Å². The third-order valence-electron chi connectivity index (χ3n) is 2.94. The lowest BCUT2D eigenvalue weighted by Gasteiger charge is -2.17. The summed E-state index contributed by atoms with van der Waals surface area (Å²) in [6.45, 7) is 2.71. The second-order valence-corrected chi connectivity index (χ2v) is 7.63. The van der Waals surface area contributed by atoms with Crippen molar-refractivity contribution in [3.05, 3.63) is 54.6 Å². The minimum atomic E-state index is -0.525. The van der Waals surface area contributed by atoms with E-state index in [1.165, 1.54) is 12.1 Å². The molecule has 1 aromatic carbocycles. The van der Waals surface area contributed by atoms with Crippen LogP contribution in [0.3, 0.4) is 0 Å². The molecule has 0 aliphatic carbocycles. The average molecular weight is 425 g/mol. The number of nitrogens with one attached hydrogen (secondary N) is 1. The Bertz CT molecular complexity index is 601. The summed E-state index contributed by atoms with van der Waals surface area (Å²) in [5.41, 5.74) is 0.106. The van der Waals surface area contributed by atoms with Crippen molar-refractivity contribution < 1.29 is 8.78 Å². The molecule has 1 heterocycles. The van der Waals surface area contributed by atoms with Crippen LogP contribution >= 0.6 is 43.2 Å². The molecule has 1 nitrogen and oxygen atoms in total. The Balaban J connectivity index is 2.31. The van der Waals surface area contributed by atoms with Gasteiger partial charge in [-0.15, -0.1) is 11.3 Å². The summed E-state index contributed by atoms with van der Waals surface area (Å²) < 4.78 is 29.2. The highest BCUT2D eigenvalue weighted by molar-refractivity contribution is 9.11. The van der Waals surface area contributed by atoms with Gasteiger partial charge in [-0.3, -0.25) is 0 Å². The van der Waals surface area contributed by atoms with Crippen LogP contribution in [0.15, 0.2) is 32.5 Å². The van der Waals surface area contributed by atoms with Gasteiger partial charge >= 0.3 is 0 Å². The van der Waals surface area contributed by atoms with Gasteiger partial charge in [-0.25, -0.2) is 8.78 Å². The number of hydrogen-bond donors (Lipinski definition) is 1. The van der Waals surface area contributed by atoms with Crippen molar-refractivity contribution in [2.45, 2.75) is 19.4 Å². The van der Waals surface area contributed by atoms with Crippen molar-refractivity contribution in [2.75, 3.05) is 6.54 Å². The highest BCUT2D eigenvalue weighted by Crippen LogP contribution is 2.31. The topological polar surface area (TPSA) is 12.0 Å². The molecule has 0 saturated carbocycles. The maximum Gasteiger partial charge on any atom is 0.143 e. The molecule has 0 aliphatic rings. The highest BCUT2D eigenvalue weighted by Gasteiger charge is 2.19. The third kappa shape index (κ3) is 3.67. The molecule has 0 aliphatic heterocycles. The van der Waals surface area contributed by atoms with Crippen LogP contribution in [0.5, 0.6) is 0 Å². The first-order chi connectivity index (χ1) is 9.52. The van der Waals surface area contributed by atoms with Crippen molar-refractivity contribution in [1.29, 1.82) is 0 Å². The summed E-state index contributed by atoms with van der Waals surface area (Å²) in [5.74, 6) is -1.03. The third-order valence-corrected chi connectivity index (χ3v) is 5.28. The monoisotopic (exact) mass is 423 g/mol. The Kier molecular flexibility index (Phi) is 5.72. The van der Waals surface area contributed by atoms with Crippen molar-refractivity contribution >= 4 is 43.2 Å². The first-order valence-corrected chi connectivity index (χ1v) is 8.54. The number of hydrogen-bond acceptors (Lipinski definition) is 2. The average Bonchev–Trinajstić information content (AvgIpc) is 2.84. The molecule has 6 heteroatoms. The standard InChI is InChI=1S/C14H13Br2F2NS/c1-2-19-11(12-5-6-13(16)20-12)7-8-10(17)4-3-9(15)14(8)18/h3-6,11,19H,2,7H2,1H3. The summed E-state index contributed by atoms with van der Waals surface area (Å²) in [7, 11) is 0. The van der Waals surface area contributed by atoms with Gasteiger partial charge in [0, 0.05) is 16.5 Å². The molecule has 0 saturated heterocycles. The van der Waals surface area contributed by atoms with Gasteiger partial charge in [-0.2, -0.15) is 0 Å². The first-order valence-electron chi connectivity index (χ1n) is 6.14. The lowest BCUT2D eigenvalue weighted by Crippen LogP contribution is -2.23. The van der Waals surface area contributed by atoms with E-state index in [-0.39, 0.29) is 22.5 Å². The number of benzene rings is 1. The lowest BCUT2D eigenvalue weighted by molar-refractivity contribution is 0.501. The number of halogens is 4. The van der Waals surface area contributed by atoms with Crippen LogP contribution in [-0.4, -0.2) is 6.54 Å². The smallest absolute Gasteiger partial charge is 0.143 e. The van der Waals surface area contributed by atoms with Crippen LogP contribution in [0.2, 0.25) is 0 Å². The zero-order valence-electron chi connectivity index (χ0n) is 10.7.